The van der Waals surface area contributed by atoms with Gasteiger partial charge in [0, 0.05) is 28.7 Å². The maximum absolute atomic E-state index is 12.2. The summed E-state index contributed by atoms with van der Waals surface area (Å²) < 4.78 is 0. The standard InChI is InChI=1S/C20H23ClN2O2/c1-3-14(2)22-20(25)16-8-6-9-17(13-16)23-19(24)12-11-15-7-4-5-10-18(15)21/h4-10,13-14H,3,11-12H2,1-2H3,(H,22,25)(H,23,24). The molecule has 0 spiro atoms. The monoisotopic (exact) mass is 358 g/mol. The highest BCUT2D eigenvalue weighted by atomic mass is 35.5. The van der Waals surface area contributed by atoms with E-state index in [2.05, 4.69) is 10.6 Å². The van der Waals surface area contributed by atoms with E-state index in [-0.39, 0.29) is 17.9 Å². The van der Waals surface area contributed by atoms with Crippen LogP contribution in [0.4, 0.5) is 5.69 Å². The minimum Gasteiger partial charge on any atom is -0.350 e. The van der Waals surface area contributed by atoms with Crippen LogP contribution in [0.2, 0.25) is 5.02 Å². The maximum Gasteiger partial charge on any atom is 0.251 e. The number of hydrogen-bond acceptors (Lipinski definition) is 2. The van der Waals surface area contributed by atoms with Gasteiger partial charge in [-0.25, -0.2) is 0 Å². The number of carbonyl (C=O) groups is 2. The van der Waals surface area contributed by atoms with E-state index in [0.29, 0.717) is 29.1 Å². The van der Waals surface area contributed by atoms with Crippen LogP contribution in [0.3, 0.4) is 0 Å². The Bertz CT molecular complexity index is 746. The molecule has 2 amide bonds. The fourth-order valence-electron chi connectivity index (χ4n) is 2.32. The lowest BCUT2D eigenvalue weighted by Gasteiger charge is -2.12. The second-order valence-corrected chi connectivity index (χ2v) is 6.41. The average Bonchev–Trinajstić information content (AvgIpc) is 2.61. The van der Waals surface area contributed by atoms with Crippen LogP contribution >= 0.6 is 11.6 Å². The molecule has 4 nitrogen and oxygen atoms in total. The van der Waals surface area contributed by atoms with Crippen LogP contribution in [0.15, 0.2) is 48.5 Å². The summed E-state index contributed by atoms with van der Waals surface area (Å²) in [6.45, 7) is 3.97. The van der Waals surface area contributed by atoms with Gasteiger partial charge in [0.25, 0.3) is 5.91 Å². The van der Waals surface area contributed by atoms with Gasteiger partial charge in [-0.15, -0.1) is 0 Å². The highest BCUT2D eigenvalue weighted by Gasteiger charge is 2.10. The molecule has 0 saturated heterocycles. The van der Waals surface area contributed by atoms with Crippen molar-refractivity contribution in [1.82, 2.24) is 5.32 Å². The van der Waals surface area contributed by atoms with Gasteiger partial charge in [0.15, 0.2) is 0 Å². The molecule has 0 radical (unpaired) electrons. The molecule has 25 heavy (non-hydrogen) atoms. The first-order chi connectivity index (χ1) is 12.0. The molecule has 0 aliphatic carbocycles. The van der Waals surface area contributed by atoms with Gasteiger partial charge < -0.3 is 10.6 Å². The van der Waals surface area contributed by atoms with Crippen molar-refractivity contribution in [2.24, 2.45) is 0 Å². The number of aryl methyl sites for hydroxylation is 1. The second-order valence-electron chi connectivity index (χ2n) is 6.00. The molecule has 0 aliphatic rings. The van der Waals surface area contributed by atoms with Gasteiger partial charge in [0.2, 0.25) is 5.91 Å². The normalized spacial score (nSPS) is 11.6. The SMILES string of the molecule is CCC(C)NC(=O)c1cccc(NC(=O)CCc2ccccc2Cl)c1. The van der Waals surface area contributed by atoms with Crippen LogP contribution in [0, 0.1) is 0 Å². The highest BCUT2D eigenvalue weighted by molar-refractivity contribution is 6.31. The lowest BCUT2D eigenvalue weighted by molar-refractivity contribution is -0.116. The molecule has 0 saturated carbocycles. The first-order valence-corrected chi connectivity index (χ1v) is 8.81. The molecule has 2 N–H and O–H groups in total. The molecular formula is C20H23ClN2O2. The van der Waals surface area contributed by atoms with Gasteiger partial charge >= 0.3 is 0 Å². The van der Waals surface area contributed by atoms with Gasteiger partial charge in [-0.05, 0) is 49.6 Å². The number of benzene rings is 2. The molecule has 5 heteroatoms. The van der Waals surface area contributed by atoms with Crippen molar-refractivity contribution in [1.29, 1.82) is 0 Å². The Morgan fingerprint density at radius 2 is 1.88 bits per heavy atom. The highest BCUT2D eigenvalue weighted by Crippen LogP contribution is 2.17. The third kappa shape index (κ3) is 5.91. The number of rotatable bonds is 7. The fourth-order valence-corrected chi connectivity index (χ4v) is 2.55. The first kappa shape index (κ1) is 19.0. The van der Waals surface area contributed by atoms with Crippen LogP contribution in [0.1, 0.15) is 42.6 Å². The van der Waals surface area contributed by atoms with E-state index in [4.69, 9.17) is 11.6 Å². The first-order valence-electron chi connectivity index (χ1n) is 8.43. The van der Waals surface area contributed by atoms with Crippen LogP contribution in [-0.4, -0.2) is 17.9 Å². The van der Waals surface area contributed by atoms with Crippen molar-refractivity contribution in [2.75, 3.05) is 5.32 Å². The van der Waals surface area contributed by atoms with Gasteiger partial charge in [0.05, 0.1) is 0 Å². The van der Waals surface area contributed by atoms with E-state index in [1.165, 1.54) is 0 Å². The second kappa shape index (κ2) is 9.23. The van der Waals surface area contributed by atoms with E-state index < -0.39 is 0 Å². The Labute approximate surface area is 153 Å². The average molecular weight is 359 g/mol. The third-order valence-electron chi connectivity index (χ3n) is 3.98. The summed E-state index contributed by atoms with van der Waals surface area (Å²) in [6, 6.07) is 14.6. The van der Waals surface area contributed by atoms with Crippen LogP contribution in [-0.2, 0) is 11.2 Å². The van der Waals surface area contributed by atoms with Gasteiger partial charge in [-0.3, -0.25) is 9.59 Å². The van der Waals surface area contributed by atoms with E-state index >= 15 is 0 Å². The number of nitrogens with one attached hydrogen (secondary N) is 2. The third-order valence-corrected chi connectivity index (χ3v) is 4.35. The zero-order chi connectivity index (χ0) is 18.2. The lowest BCUT2D eigenvalue weighted by Crippen LogP contribution is -2.31. The van der Waals surface area contributed by atoms with Crippen molar-refractivity contribution in [3.05, 3.63) is 64.7 Å². The molecule has 0 aromatic heterocycles. The van der Waals surface area contributed by atoms with E-state index in [9.17, 15) is 9.59 Å². The molecule has 0 aliphatic heterocycles. The van der Waals surface area contributed by atoms with Crippen molar-refractivity contribution in [2.45, 2.75) is 39.2 Å². The molecular weight excluding hydrogens is 336 g/mol. The fraction of sp³-hybridized carbons (Fsp3) is 0.300. The molecule has 1 unspecified atom stereocenters. The molecule has 132 valence electrons. The Balaban J connectivity index is 1.93. The molecule has 1 atom stereocenters. The van der Waals surface area contributed by atoms with Crippen molar-refractivity contribution >= 4 is 29.1 Å². The van der Waals surface area contributed by atoms with Gasteiger partial charge in [0.1, 0.15) is 0 Å². The summed E-state index contributed by atoms with van der Waals surface area (Å²) in [5.74, 6) is -0.249. The van der Waals surface area contributed by atoms with Gasteiger partial charge in [-0.2, -0.15) is 0 Å². The minimum absolute atomic E-state index is 0.112. The minimum atomic E-state index is -0.137. The topological polar surface area (TPSA) is 58.2 Å². The molecule has 0 fully saturated rings. The number of hydrogen-bond donors (Lipinski definition) is 2. The van der Waals surface area contributed by atoms with E-state index in [1.54, 1.807) is 24.3 Å². The molecule has 2 aromatic rings. The predicted molar refractivity (Wildman–Crippen MR) is 102 cm³/mol. The molecule has 2 aromatic carbocycles. The Kier molecular flexibility index (Phi) is 7.02. The zero-order valence-corrected chi connectivity index (χ0v) is 15.3. The van der Waals surface area contributed by atoms with E-state index in [0.717, 1.165) is 12.0 Å². The van der Waals surface area contributed by atoms with Crippen molar-refractivity contribution < 1.29 is 9.59 Å². The molecule has 0 bridgehead atoms. The smallest absolute Gasteiger partial charge is 0.251 e. The van der Waals surface area contributed by atoms with Crippen LogP contribution < -0.4 is 10.6 Å². The van der Waals surface area contributed by atoms with Crippen molar-refractivity contribution in [3.8, 4) is 0 Å². The largest absolute Gasteiger partial charge is 0.350 e. The lowest BCUT2D eigenvalue weighted by atomic mass is 10.1. The van der Waals surface area contributed by atoms with Crippen molar-refractivity contribution in [3.63, 3.8) is 0 Å². The van der Waals surface area contributed by atoms with Crippen LogP contribution in [0.5, 0.6) is 0 Å². The summed E-state index contributed by atoms with van der Waals surface area (Å²) in [4.78, 5) is 24.3. The predicted octanol–water partition coefficient (Wildman–Crippen LogP) is 4.44. The molecule has 2 rings (SSSR count). The number of carbonyl (C=O) groups excluding carboxylic acids is 2. The summed E-state index contributed by atoms with van der Waals surface area (Å²) in [5, 5.41) is 6.41. The number of anilines is 1. The Morgan fingerprint density at radius 3 is 2.60 bits per heavy atom. The number of amides is 2. The summed E-state index contributed by atoms with van der Waals surface area (Å²) in [7, 11) is 0. The van der Waals surface area contributed by atoms with Gasteiger partial charge in [-0.1, -0.05) is 42.8 Å². The summed E-state index contributed by atoms with van der Waals surface area (Å²) in [5.41, 5.74) is 2.09. The zero-order valence-electron chi connectivity index (χ0n) is 14.5. The quantitative estimate of drug-likeness (QED) is 0.768. The Morgan fingerprint density at radius 1 is 1.12 bits per heavy atom. The summed E-state index contributed by atoms with van der Waals surface area (Å²) in [6.07, 6.45) is 1.76. The maximum atomic E-state index is 12.2. The molecule has 0 heterocycles. The number of halogens is 1. The summed E-state index contributed by atoms with van der Waals surface area (Å²) >= 11 is 6.10. The van der Waals surface area contributed by atoms with E-state index in [1.807, 2.05) is 38.1 Å². The Hall–Kier alpha value is -2.33. The van der Waals surface area contributed by atoms with Crippen LogP contribution in [0.25, 0.3) is 0 Å².